The van der Waals surface area contributed by atoms with Crippen LogP contribution in [0, 0.1) is 16.1 Å². The van der Waals surface area contributed by atoms with Gasteiger partial charge in [-0.1, -0.05) is 41.9 Å². The van der Waals surface area contributed by atoms with Crippen LogP contribution in [0.3, 0.4) is 0 Å². The lowest BCUT2D eigenvalue weighted by molar-refractivity contribution is 1.04. The molecule has 1 N–H and O–H groups in total. The van der Waals surface area contributed by atoms with Crippen LogP contribution < -0.4 is 0 Å². The molecule has 4 nitrogen and oxygen atoms in total. The Bertz CT molecular complexity index is 890. The monoisotopic (exact) mass is 312 g/mol. The van der Waals surface area contributed by atoms with E-state index in [0.29, 0.717) is 26.9 Å². The van der Waals surface area contributed by atoms with Gasteiger partial charge in [0.2, 0.25) is 0 Å². The Morgan fingerprint density at radius 1 is 1.19 bits per heavy atom. The minimum absolute atomic E-state index is 0.445. The van der Waals surface area contributed by atoms with Crippen molar-refractivity contribution < 1.29 is 0 Å². The summed E-state index contributed by atoms with van der Waals surface area (Å²) in [6.45, 7) is 0. The predicted molar refractivity (Wildman–Crippen MR) is 83.9 cm³/mol. The van der Waals surface area contributed by atoms with Crippen LogP contribution in [0.4, 0.5) is 0 Å². The Hall–Kier alpha value is -2.42. The Labute approximate surface area is 131 Å². The summed E-state index contributed by atoms with van der Waals surface area (Å²) >= 11 is 11.6. The third-order valence-electron chi connectivity index (χ3n) is 3.02. The van der Waals surface area contributed by atoms with E-state index in [4.69, 9.17) is 29.1 Å². The zero-order valence-corrected chi connectivity index (χ0v) is 12.3. The quantitative estimate of drug-likeness (QED) is 0.724. The molecule has 102 valence electrons. The first-order chi connectivity index (χ1) is 10.2. The molecule has 0 atom stereocenters. The van der Waals surface area contributed by atoms with E-state index < -0.39 is 0 Å². The van der Waals surface area contributed by atoms with Crippen molar-refractivity contribution in [1.82, 2.24) is 14.8 Å². The summed E-state index contributed by atoms with van der Waals surface area (Å²) in [4.78, 5) is 0. The molecule has 21 heavy (non-hydrogen) atoms. The van der Waals surface area contributed by atoms with Crippen molar-refractivity contribution in [3.05, 3.63) is 63.9 Å². The maximum absolute atomic E-state index is 8.92. The number of hydrogen-bond acceptors (Lipinski definition) is 3. The summed E-state index contributed by atoms with van der Waals surface area (Å²) in [6, 6.07) is 16.8. The zero-order chi connectivity index (χ0) is 14.8. The number of benzene rings is 2. The number of H-pyrrole nitrogens is 1. The van der Waals surface area contributed by atoms with Crippen molar-refractivity contribution in [2.24, 2.45) is 0 Å². The molecule has 1 aromatic heterocycles. The number of aromatic amines is 1. The van der Waals surface area contributed by atoms with E-state index in [9.17, 15) is 0 Å². The fourth-order valence-corrected chi connectivity index (χ4v) is 2.55. The lowest BCUT2D eigenvalue weighted by Crippen LogP contribution is -1.99. The number of nitriles is 1. The topological polar surface area (TPSA) is 57.4 Å². The molecular formula is C15H9ClN4S. The number of hydrogen-bond donors (Lipinski definition) is 1. The van der Waals surface area contributed by atoms with E-state index in [1.807, 2.05) is 30.3 Å². The Balaban J connectivity index is 2.23. The fraction of sp³-hybridized carbons (Fsp3) is 0. The molecule has 3 rings (SSSR count). The van der Waals surface area contributed by atoms with Gasteiger partial charge in [0.1, 0.15) is 0 Å². The lowest BCUT2D eigenvalue weighted by atomic mass is 10.2. The van der Waals surface area contributed by atoms with E-state index >= 15 is 0 Å². The SMILES string of the molecule is N#Cc1ccc(-n2c(-c3ccccc3)n[nH]c2=S)c(Cl)c1. The van der Waals surface area contributed by atoms with Gasteiger partial charge in [-0.05, 0) is 30.4 Å². The van der Waals surface area contributed by atoms with Crippen LogP contribution in [0.25, 0.3) is 17.1 Å². The molecule has 6 heteroatoms. The number of nitrogens with one attached hydrogen (secondary N) is 1. The van der Waals surface area contributed by atoms with Gasteiger partial charge in [0.25, 0.3) is 0 Å². The summed E-state index contributed by atoms with van der Waals surface area (Å²) in [5.41, 5.74) is 2.11. The van der Waals surface area contributed by atoms with Crippen molar-refractivity contribution in [2.75, 3.05) is 0 Å². The van der Waals surface area contributed by atoms with Crippen LogP contribution >= 0.6 is 23.8 Å². The molecule has 0 aliphatic carbocycles. The van der Waals surface area contributed by atoms with Gasteiger partial charge >= 0.3 is 0 Å². The highest BCUT2D eigenvalue weighted by Crippen LogP contribution is 2.27. The van der Waals surface area contributed by atoms with Crippen LogP contribution in [0.2, 0.25) is 5.02 Å². The summed E-state index contributed by atoms with van der Waals surface area (Å²) in [6.07, 6.45) is 0. The van der Waals surface area contributed by atoms with E-state index in [1.54, 1.807) is 22.8 Å². The van der Waals surface area contributed by atoms with E-state index in [0.717, 1.165) is 5.56 Å². The highest BCUT2D eigenvalue weighted by atomic mass is 35.5. The average molecular weight is 313 g/mol. The largest absolute Gasteiger partial charge is 0.267 e. The van der Waals surface area contributed by atoms with Crippen LogP contribution in [0.1, 0.15) is 5.56 Å². The molecule has 0 radical (unpaired) electrons. The van der Waals surface area contributed by atoms with Gasteiger partial charge in [-0.15, -0.1) is 0 Å². The Morgan fingerprint density at radius 3 is 2.62 bits per heavy atom. The lowest BCUT2D eigenvalue weighted by Gasteiger charge is -2.09. The molecule has 0 amide bonds. The van der Waals surface area contributed by atoms with Crippen LogP contribution in [0.5, 0.6) is 0 Å². The number of aromatic nitrogens is 3. The molecule has 2 aromatic carbocycles. The Morgan fingerprint density at radius 2 is 1.95 bits per heavy atom. The minimum atomic E-state index is 0.445. The highest BCUT2D eigenvalue weighted by molar-refractivity contribution is 7.71. The Kier molecular flexibility index (Phi) is 3.57. The number of rotatable bonds is 2. The van der Waals surface area contributed by atoms with E-state index in [1.165, 1.54) is 0 Å². The van der Waals surface area contributed by atoms with Crippen LogP contribution in [-0.2, 0) is 0 Å². The first-order valence-electron chi connectivity index (χ1n) is 6.13. The minimum Gasteiger partial charge on any atom is -0.267 e. The van der Waals surface area contributed by atoms with Gasteiger partial charge < -0.3 is 0 Å². The van der Waals surface area contributed by atoms with Gasteiger partial charge in [0.15, 0.2) is 10.6 Å². The maximum Gasteiger partial charge on any atom is 0.200 e. The predicted octanol–water partition coefficient (Wildman–Crippen LogP) is 4.12. The third-order valence-corrected chi connectivity index (χ3v) is 3.60. The van der Waals surface area contributed by atoms with Gasteiger partial charge in [-0.2, -0.15) is 10.4 Å². The summed E-state index contributed by atoms with van der Waals surface area (Å²) in [7, 11) is 0. The van der Waals surface area contributed by atoms with Gasteiger partial charge in [0.05, 0.1) is 22.3 Å². The highest BCUT2D eigenvalue weighted by Gasteiger charge is 2.13. The van der Waals surface area contributed by atoms with Gasteiger partial charge in [-0.3, -0.25) is 9.67 Å². The summed E-state index contributed by atoms with van der Waals surface area (Å²) < 4.78 is 2.20. The second-order valence-corrected chi connectivity index (χ2v) is 5.13. The summed E-state index contributed by atoms with van der Waals surface area (Å²) in [5.74, 6) is 0.673. The molecule has 1 heterocycles. The molecule has 0 fully saturated rings. The van der Waals surface area contributed by atoms with Crippen molar-refractivity contribution in [3.63, 3.8) is 0 Å². The van der Waals surface area contributed by atoms with Crippen molar-refractivity contribution in [2.45, 2.75) is 0 Å². The molecular weight excluding hydrogens is 304 g/mol. The molecule has 0 aliphatic heterocycles. The number of halogens is 1. The smallest absolute Gasteiger partial charge is 0.200 e. The first kappa shape index (κ1) is 13.6. The van der Waals surface area contributed by atoms with Gasteiger partial charge in [-0.25, -0.2) is 0 Å². The molecule has 0 aliphatic rings. The maximum atomic E-state index is 8.92. The van der Waals surface area contributed by atoms with Crippen molar-refractivity contribution in [3.8, 4) is 23.1 Å². The molecule has 0 saturated heterocycles. The van der Waals surface area contributed by atoms with E-state index in [-0.39, 0.29) is 0 Å². The second kappa shape index (κ2) is 5.52. The normalized spacial score (nSPS) is 10.3. The third kappa shape index (κ3) is 2.47. The van der Waals surface area contributed by atoms with Crippen LogP contribution in [0.15, 0.2) is 48.5 Å². The molecule has 3 aromatic rings. The second-order valence-electron chi connectivity index (χ2n) is 4.33. The van der Waals surface area contributed by atoms with Gasteiger partial charge in [0, 0.05) is 5.56 Å². The summed E-state index contributed by atoms with van der Waals surface area (Å²) in [5, 5.41) is 16.4. The molecule has 0 saturated carbocycles. The first-order valence-corrected chi connectivity index (χ1v) is 6.92. The van der Waals surface area contributed by atoms with Crippen molar-refractivity contribution in [1.29, 1.82) is 5.26 Å². The number of nitrogens with zero attached hydrogens (tertiary/aromatic N) is 3. The molecule has 0 bridgehead atoms. The van der Waals surface area contributed by atoms with E-state index in [2.05, 4.69) is 16.3 Å². The zero-order valence-electron chi connectivity index (χ0n) is 10.7. The fourth-order valence-electron chi connectivity index (χ4n) is 2.06. The average Bonchev–Trinajstić information content (AvgIpc) is 2.89. The molecule has 0 spiro atoms. The van der Waals surface area contributed by atoms with Crippen LogP contribution in [-0.4, -0.2) is 14.8 Å². The standard InChI is InChI=1S/C15H9ClN4S/c16-12-8-10(9-17)6-7-13(12)20-14(18-19-15(20)21)11-4-2-1-3-5-11/h1-8H,(H,19,21). The molecule has 0 unspecified atom stereocenters. The van der Waals surface area contributed by atoms with Crippen molar-refractivity contribution >= 4 is 23.8 Å².